The molecule has 0 fully saturated rings. The topological polar surface area (TPSA) is 38.3 Å². The minimum absolute atomic E-state index is 0.123. The molecule has 1 unspecified atom stereocenters. The molecule has 1 atom stereocenters. The van der Waals surface area contributed by atoms with Gasteiger partial charge in [-0.2, -0.15) is 0 Å². The number of nitrogens with one attached hydrogen (secondary N) is 1. The van der Waals surface area contributed by atoms with Crippen molar-refractivity contribution in [2.45, 2.75) is 39.2 Å². The molecule has 1 aromatic carbocycles. The molecule has 19 heavy (non-hydrogen) atoms. The minimum Gasteiger partial charge on any atom is -0.444 e. The second-order valence-electron chi connectivity index (χ2n) is 5.25. The normalized spacial score (nSPS) is 12.4. The fourth-order valence-corrected chi connectivity index (χ4v) is 1.69. The van der Waals surface area contributed by atoms with Crippen LogP contribution in [-0.2, 0) is 4.74 Å². The Balaban J connectivity index is 2.97. The molecule has 1 amide bonds. The van der Waals surface area contributed by atoms with Gasteiger partial charge in [-0.1, -0.05) is 23.6 Å². The first-order valence-electron chi connectivity index (χ1n) is 5.98. The van der Waals surface area contributed by atoms with E-state index in [2.05, 4.69) is 11.2 Å². The summed E-state index contributed by atoms with van der Waals surface area (Å²) in [6.45, 7) is 7.28. The van der Waals surface area contributed by atoms with Gasteiger partial charge in [-0.15, -0.1) is 6.42 Å². The zero-order chi connectivity index (χ0) is 14.6. The van der Waals surface area contributed by atoms with E-state index >= 15 is 0 Å². The lowest BCUT2D eigenvalue weighted by molar-refractivity contribution is 0.0636. The summed E-state index contributed by atoms with van der Waals surface area (Å²) in [5, 5.41) is 3.21. The Kier molecular flexibility index (Phi) is 4.85. The summed E-state index contributed by atoms with van der Waals surface area (Å²) in [6.07, 6.45) is 4.89. The molecule has 0 aliphatic rings. The fourth-order valence-electron chi connectivity index (χ4n) is 1.52. The van der Waals surface area contributed by atoms with E-state index in [0.29, 0.717) is 10.7 Å². The molecule has 1 aromatic rings. The third-order valence-electron chi connectivity index (χ3n) is 2.37. The summed E-state index contributed by atoms with van der Waals surface area (Å²) in [5.41, 5.74) is 0.852. The highest BCUT2D eigenvalue weighted by Gasteiger charge is 2.18. The van der Waals surface area contributed by atoms with Gasteiger partial charge in [0.05, 0.1) is 0 Å². The van der Waals surface area contributed by atoms with Gasteiger partial charge in [0, 0.05) is 16.6 Å². The quantitative estimate of drug-likeness (QED) is 0.814. The van der Waals surface area contributed by atoms with Crippen LogP contribution in [0.3, 0.4) is 0 Å². The van der Waals surface area contributed by atoms with Gasteiger partial charge >= 0.3 is 6.09 Å². The van der Waals surface area contributed by atoms with Crippen LogP contribution in [0.15, 0.2) is 18.2 Å². The molecule has 0 saturated carbocycles. The monoisotopic (exact) mass is 279 g/mol. The van der Waals surface area contributed by atoms with Crippen LogP contribution in [0, 0.1) is 12.3 Å². The zero-order valence-electron chi connectivity index (χ0n) is 11.6. The maximum atomic E-state index is 11.8. The van der Waals surface area contributed by atoms with E-state index < -0.39 is 11.7 Å². The minimum atomic E-state index is -0.555. The number of hydrogen-bond donors (Lipinski definition) is 1. The number of halogens is 1. The average molecular weight is 280 g/mol. The van der Waals surface area contributed by atoms with E-state index in [0.717, 1.165) is 5.56 Å². The molecule has 1 rings (SSSR count). The highest BCUT2D eigenvalue weighted by Crippen LogP contribution is 2.27. The number of hydrogen-bond acceptors (Lipinski definition) is 2. The Morgan fingerprint density at radius 3 is 2.63 bits per heavy atom. The fraction of sp³-hybridized carbons (Fsp3) is 0.400. The largest absolute Gasteiger partial charge is 0.444 e. The van der Waals surface area contributed by atoms with Crippen molar-refractivity contribution in [3.8, 4) is 12.3 Å². The molecule has 0 aromatic heterocycles. The average Bonchev–Trinajstić information content (AvgIpc) is 2.25. The molecule has 0 aliphatic carbocycles. The molecule has 0 radical (unpaired) electrons. The number of anilines is 1. The Labute approximate surface area is 119 Å². The maximum Gasteiger partial charge on any atom is 0.412 e. The standard InChI is InChI=1S/C15H18ClNO2/c1-6-10(2)12-8-7-11(16)9-13(12)17-14(18)19-15(3,4)5/h1,7-10H,2-5H3,(H,17,18). The van der Waals surface area contributed by atoms with E-state index in [1.165, 1.54) is 0 Å². The van der Waals surface area contributed by atoms with Gasteiger partial charge in [0.25, 0.3) is 0 Å². The van der Waals surface area contributed by atoms with Gasteiger partial charge in [-0.05, 0) is 45.4 Å². The van der Waals surface area contributed by atoms with Crippen LogP contribution < -0.4 is 5.32 Å². The lowest BCUT2D eigenvalue weighted by atomic mass is 10.00. The first-order chi connectivity index (χ1) is 8.73. The van der Waals surface area contributed by atoms with Crippen LogP contribution in [-0.4, -0.2) is 11.7 Å². The second-order valence-corrected chi connectivity index (χ2v) is 5.68. The first-order valence-corrected chi connectivity index (χ1v) is 6.36. The summed E-state index contributed by atoms with van der Waals surface area (Å²) in [5.74, 6) is 2.50. The Hall–Kier alpha value is -1.66. The van der Waals surface area contributed by atoms with Crippen LogP contribution in [0.25, 0.3) is 0 Å². The lowest BCUT2D eigenvalue weighted by Gasteiger charge is -2.21. The summed E-state index contributed by atoms with van der Waals surface area (Å²) in [7, 11) is 0. The maximum absolute atomic E-state index is 11.8. The Morgan fingerprint density at radius 1 is 1.47 bits per heavy atom. The van der Waals surface area contributed by atoms with Crippen molar-refractivity contribution in [3.05, 3.63) is 28.8 Å². The van der Waals surface area contributed by atoms with Crippen molar-refractivity contribution in [2.75, 3.05) is 5.32 Å². The number of ether oxygens (including phenoxy) is 1. The van der Waals surface area contributed by atoms with Crippen LogP contribution in [0.1, 0.15) is 39.2 Å². The van der Waals surface area contributed by atoms with E-state index in [9.17, 15) is 4.79 Å². The van der Waals surface area contributed by atoms with Crippen LogP contribution in [0.5, 0.6) is 0 Å². The van der Waals surface area contributed by atoms with Gasteiger partial charge in [0.1, 0.15) is 5.60 Å². The molecule has 4 heteroatoms. The predicted molar refractivity (Wildman–Crippen MR) is 78.6 cm³/mol. The molecule has 0 bridgehead atoms. The first kappa shape index (κ1) is 15.4. The van der Waals surface area contributed by atoms with Crippen molar-refractivity contribution in [3.63, 3.8) is 0 Å². The molecule has 102 valence electrons. The smallest absolute Gasteiger partial charge is 0.412 e. The van der Waals surface area contributed by atoms with Gasteiger partial charge in [-0.25, -0.2) is 4.79 Å². The third-order valence-corrected chi connectivity index (χ3v) is 2.60. The lowest BCUT2D eigenvalue weighted by Crippen LogP contribution is -2.27. The number of benzene rings is 1. The van der Waals surface area contributed by atoms with E-state index in [1.54, 1.807) is 39.0 Å². The SMILES string of the molecule is C#CC(C)c1ccc(Cl)cc1NC(=O)OC(C)(C)C. The van der Waals surface area contributed by atoms with Gasteiger partial charge in [0.15, 0.2) is 0 Å². The summed E-state index contributed by atoms with van der Waals surface area (Å²) < 4.78 is 5.21. The van der Waals surface area contributed by atoms with Gasteiger partial charge in [0.2, 0.25) is 0 Å². The molecular weight excluding hydrogens is 262 g/mol. The number of rotatable bonds is 2. The van der Waals surface area contributed by atoms with Crippen molar-refractivity contribution < 1.29 is 9.53 Å². The summed E-state index contributed by atoms with van der Waals surface area (Å²) in [6, 6.07) is 5.21. The second kappa shape index (κ2) is 5.99. The summed E-state index contributed by atoms with van der Waals surface area (Å²) >= 11 is 5.94. The number of carbonyl (C=O) groups excluding carboxylic acids is 1. The van der Waals surface area contributed by atoms with E-state index in [-0.39, 0.29) is 5.92 Å². The molecule has 0 spiro atoms. The number of terminal acetylenes is 1. The highest BCUT2D eigenvalue weighted by molar-refractivity contribution is 6.31. The molecule has 0 aliphatic heterocycles. The number of amides is 1. The Morgan fingerprint density at radius 2 is 2.11 bits per heavy atom. The van der Waals surface area contributed by atoms with Crippen LogP contribution in [0.4, 0.5) is 10.5 Å². The Bertz CT molecular complexity index is 512. The van der Waals surface area contributed by atoms with E-state index in [1.807, 2.05) is 6.92 Å². The molecule has 1 N–H and O–H groups in total. The molecule has 0 heterocycles. The van der Waals surface area contributed by atoms with Crippen molar-refractivity contribution >= 4 is 23.4 Å². The molecule has 0 saturated heterocycles. The van der Waals surface area contributed by atoms with Crippen molar-refractivity contribution in [1.29, 1.82) is 0 Å². The zero-order valence-corrected chi connectivity index (χ0v) is 12.3. The van der Waals surface area contributed by atoms with Gasteiger partial charge < -0.3 is 4.74 Å². The van der Waals surface area contributed by atoms with E-state index in [4.69, 9.17) is 22.8 Å². The predicted octanol–water partition coefficient (Wildman–Crippen LogP) is 4.42. The van der Waals surface area contributed by atoms with Crippen molar-refractivity contribution in [2.24, 2.45) is 0 Å². The molecular formula is C15H18ClNO2. The highest BCUT2D eigenvalue weighted by atomic mass is 35.5. The molecule has 3 nitrogen and oxygen atoms in total. The van der Waals surface area contributed by atoms with Crippen LogP contribution >= 0.6 is 11.6 Å². The number of carbonyl (C=O) groups is 1. The van der Waals surface area contributed by atoms with Gasteiger partial charge in [-0.3, -0.25) is 5.32 Å². The van der Waals surface area contributed by atoms with Crippen molar-refractivity contribution in [1.82, 2.24) is 0 Å². The third kappa shape index (κ3) is 4.84. The van der Waals surface area contributed by atoms with Crippen LogP contribution in [0.2, 0.25) is 5.02 Å². The summed E-state index contributed by atoms with van der Waals surface area (Å²) in [4.78, 5) is 11.8.